The van der Waals surface area contributed by atoms with E-state index in [0.717, 1.165) is 28.0 Å². The maximum Gasteiger partial charge on any atom is 0.196 e. The van der Waals surface area contributed by atoms with Crippen molar-refractivity contribution in [2.24, 2.45) is 0 Å². The summed E-state index contributed by atoms with van der Waals surface area (Å²) in [6, 6.07) is 24.6. The van der Waals surface area contributed by atoms with E-state index in [-0.39, 0.29) is 0 Å². The molecule has 1 aromatic heterocycles. The molecule has 0 amide bonds. The summed E-state index contributed by atoms with van der Waals surface area (Å²) in [4.78, 5) is 0. The van der Waals surface area contributed by atoms with Gasteiger partial charge in [-0.2, -0.15) is 0 Å². The Morgan fingerprint density at radius 2 is 1.57 bits per heavy atom. The lowest BCUT2D eigenvalue weighted by Gasteiger charge is -2.11. The van der Waals surface area contributed by atoms with Gasteiger partial charge in [0.2, 0.25) is 0 Å². The van der Waals surface area contributed by atoms with Crippen LogP contribution in [-0.2, 0) is 5.75 Å². The Hall–Kier alpha value is -2.56. The van der Waals surface area contributed by atoms with Gasteiger partial charge in [0.1, 0.15) is 0 Å². The molecule has 5 heteroatoms. The van der Waals surface area contributed by atoms with E-state index in [1.165, 1.54) is 16.7 Å². The molecule has 0 radical (unpaired) electrons. The lowest BCUT2D eigenvalue weighted by Crippen LogP contribution is -2.00. The molecule has 0 atom stereocenters. The first-order valence-corrected chi connectivity index (χ1v) is 10.4. The summed E-state index contributed by atoms with van der Waals surface area (Å²) in [6.45, 7) is 4.22. The Labute approximate surface area is 174 Å². The predicted octanol–water partition coefficient (Wildman–Crippen LogP) is 6.50. The summed E-state index contributed by atoms with van der Waals surface area (Å²) in [5.74, 6) is 1.67. The summed E-state index contributed by atoms with van der Waals surface area (Å²) in [5, 5.41) is 10.6. The predicted molar refractivity (Wildman–Crippen MR) is 117 cm³/mol. The van der Waals surface area contributed by atoms with Gasteiger partial charge < -0.3 is 0 Å². The fourth-order valence-electron chi connectivity index (χ4n) is 2.99. The summed E-state index contributed by atoms with van der Waals surface area (Å²) in [6.07, 6.45) is 0. The van der Waals surface area contributed by atoms with E-state index < -0.39 is 0 Å². The second-order valence-corrected chi connectivity index (χ2v) is 8.08. The molecule has 0 unspecified atom stereocenters. The minimum atomic E-state index is 0.711. The van der Waals surface area contributed by atoms with Gasteiger partial charge >= 0.3 is 0 Å². The lowest BCUT2D eigenvalue weighted by atomic mass is 10.1. The van der Waals surface area contributed by atoms with Crippen molar-refractivity contribution in [1.82, 2.24) is 14.8 Å². The number of thioether (sulfide) groups is 1. The van der Waals surface area contributed by atoms with E-state index in [2.05, 4.69) is 77.1 Å². The van der Waals surface area contributed by atoms with E-state index in [1.54, 1.807) is 11.8 Å². The molecule has 0 aliphatic heterocycles. The van der Waals surface area contributed by atoms with Crippen molar-refractivity contribution in [2.75, 3.05) is 0 Å². The summed E-state index contributed by atoms with van der Waals surface area (Å²) >= 11 is 7.79. The SMILES string of the molecule is Cc1ccc(-c2nnc(SCc3ccccc3C)n2-c2ccc(Cl)cc2)cc1. The molecule has 0 saturated heterocycles. The minimum Gasteiger partial charge on any atom is -0.270 e. The Morgan fingerprint density at radius 3 is 2.29 bits per heavy atom. The van der Waals surface area contributed by atoms with Crippen LogP contribution in [0.4, 0.5) is 0 Å². The first-order valence-electron chi connectivity index (χ1n) is 9.07. The third-order valence-corrected chi connectivity index (χ3v) is 5.88. The highest BCUT2D eigenvalue weighted by Crippen LogP contribution is 2.31. The van der Waals surface area contributed by atoms with Gasteiger partial charge in [-0.05, 0) is 49.2 Å². The molecule has 28 heavy (non-hydrogen) atoms. The van der Waals surface area contributed by atoms with Crippen molar-refractivity contribution >= 4 is 23.4 Å². The fraction of sp³-hybridized carbons (Fsp3) is 0.130. The second-order valence-electron chi connectivity index (χ2n) is 6.70. The quantitative estimate of drug-likeness (QED) is 0.355. The van der Waals surface area contributed by atoms with E-state index in [1.807, 2.05) is 24.3 Å². The van der Waals surface area contributed by atoms with Gasteiger partial charge in [-0.1, -0.05) is 77.5 Å². The van der Waals surface area contributed by atoms with Gasteiger partial charge in [-0.3, -0.25) is 4.57 Å². The average Bonchev–Trinajstić information content (AvgIpc) is 3.12. The van der Waals surface area contributed by atoms with E-state index >= 15 is 0 Å². The first kappa shape index (κ1) is 18.8. The summed E-state index contributed by atoms with van der Waals surface area (Å²) in [7, 11) is 0. The first-order chi connectivity index (χ1) is 13.6. The van der Waals surface area contributed by atoms with Crippen molar-refractivity contribution < 1.29 is 0 Å². The molecule has 0 aliphatic rings. The molecule has 140 valence electrons. The Balaban J connectivity index is 1.74. The molecular weight excluding hydrogens is 386 g/mol. The molecule has 0 saturated carbocycles. The van der Waals surface area contributed by atoms with Crippen molar-refractivity contribution in [2.45, 2.75) is 24.8 Å². The standard InChI is InChI=1S/C23H20ClN3S/c1-16-7-9-18(10-8-16)22-25-26-23(27(22)21-13-11-20(24)12-14-21)28-15-19-6-4-3-5-17(19)2/h3-14H,15H2,1-2H3. The van der Waals surface area contributed by atoms with Crippen LogP contribution in [0.1, 0.15) is 16.7 Å². The minimum absolute atomic E-state index is 0.711. The van der Waals surface area contributed by atoms with E-state index in [4.69, 9.17) is 11.6 Å². The number of halogens is 1. The smallest absolute Gasteiger partial charge is 0.196 e. The zero-order valence-corrected chi connectivity index (χ0v) is 17.3. The number of aryl methyl sites for hydroxylation is 2. The lowest BCUT2D eigenvalue weighted by molar-refractivity contribution is 0.886. The monoisotopic (exact) mass is 405 g/mol. The van der Waals surface area contributed by atoms with Gasteiger partial charge in [0.15, 0.2) is 11.0 Å². The second kappa shape index (κ2) is 8.21. The summed E-state index contributed by atoms with van der Waals surface area (Å²) in [5.41, 5.74) is 5.84. The molecule has 4 aromatic rings. The zero-order chi connectivity index (χ0) is 19.5. The van der Waals surface area contributed by atoms with E-state index in [9.17, 15) is 0 Å². The highest BCUT2D eigenvalue weighted by molar-refractivity contribution is 7.98. The van der Waals surface area contributed by atoms with Crippen LogP contribution >= 0.6 is 23.4 Å². The maximum atomic E-state index is 6.10. The molecule has 0 spiro atoms. The number of benzene rings is 3. The number of hydrogen-bond donors (Lipinski definition) is 0. The topological polar surface area (TPSA) is 30.7 Å². The average molecular weight is 406 g/mol. The van der Waals surface area contributed by atoms with Crippen molar-refractivity contribution in [3.8, 4) is 17.1 Å². The third kappa shape index (κ3) is 3.98. The molecular formula is C23H20ClN3S. The van der Waals surface area contributed by atoms with Crippen LogP contribution in [-0.4, -0.2) is 14.8 Å². The van der Waals surface area contributed by atoms with Crippen LogP contribution in [0, 0.1) is 13.8 Å². The fourth-order valence-corrected chi connectivity index (χ4v) is 4.14. The molecule has 3 nitrogen and oxygen atoms in total. The molecule has 0 aliphatic carbocycles. The van der Waals surface area contributed by atoms with Crippen molar-refractivity contribution in [1.29, 1.82) is 0 Å². The van der Waals surface area contributed by atoms with E-state index in [0.29, 0.717) is 5.02 Å². The van der Waals surface area contributed by atoms with Gasteiger partial charge in [-0.15, -0.1) is 10.2 Å². The van der Waals surface area contributed by atoms with Crippen molar-refractivity contribution in [3.63, 3.8) is 0 Å². The van der Waals surface area contributed by atoms with Crippen LogP contribution < -0.4 is 0 Å². The molecule has 4 rings (SSSR count). The van der Waals surface area contributed by atoms with Crippen LogP contribution in [0.15, 0.2) is 78.0 Å². The maximum absolute atomic E-state index is 6.10. The van der Waals surface area contributed by atoms with Crippen LogP contribution in [0.3, 0.4) is 0 Å². The third-order valence-electron chi connectivity index (χ3n) is 4.65. The highest BCUT2D eigenvalue weighted by Gasteiger charge is 2.16. The zero-order valence-electron chi connectivity index (χ0n) is 15.8. The molecule has 0 N–H and O–H groups in total. The Bertz CT molecular complexity index is 1090. The molecule has 0 fully saturated rings. The molecule has 1 heterocycles. The Kier molecular flexibility index (Phi) is 5.51. The molecule has 0 bridgehead atoms. The van der Waals surface area contributed by atoms with Gasteiger partial charge in [0.05, 0.1) is 0 Å². The number of aromatic nitrogens is 3. The van der Waals surface area contributed by atoms with Gasteiger partial charge in [0, 0.05) is 22.0 Å². The largest absolute Gasteiger partial charge is 0.270 e. The Morgan fingerprint density at radius 1 is 0.857 bits per heavy atom. The number of rotatable bonds is 5. The highest BCUT2D eigenvalue weighted by atomic mass is 35.5. The van der Waals surface area contributed by atoms with Crippen LogP contribution in [0.25, 0.3) is 17.1 Å². The van der Waals surface area contributed by atoms with Crippen LogP contribution in [0.2, 0.25) is 5.02 Å². The van der Waals surface area contributed by atoms with Crippen molar-refractivity contribution in [3.05, 3.63) is 94.5 Å². The summed E-state index contributed by atoms with van der Waals surface area (Å²) < 4.78 is 2.10. The van der Waals surface area contributed by atoms with Gasteiger partial charge in [0.25, 0.3) is 0 Å². The van der Waals surface area contributed by atoms with Crippen LogP contribution in [0.5, 0.6) is 0 Å². The number of nitrogens with zero attached hydrogens (tertiary/aromatic N) is 3. The number of hydrogen-bond acceptors (Lipinski definition) is 3. The normalized spacial score (nSPS) is 11.0. The molecule has 3 aromatic carbocycles. The van der Waals surface area contributed by atoms with Gasteiger partial charge in [-0.25, -0.2) is 0 Å².